The van der Waals surface area contributed by atoms with Crippen molar-refractivity contribution in [1.82, 2.24) is 0 Å². The minimum absolute atomic E-state index is 0.0172. The Morgan fingerprint density at radius 1 is 1.04 bits per heavy atom. The summed E-state index contributed by atoms with van der Waals surface area (Å²) in [5, 5.41) is 9.67. The fourth-order valence-corrected chi connectivity index (χ4v) is 3.89. The van der Waals surface area contributed by atoms with Crippen molar-refractivity contribution in [2.24, 2.45) is 0 Å². The topological polar surface area (TPSA) is 20.2 Å². The fourth-order valence-electron chi connectivity index (χ4n) is 3.89. The monoisotopic (exact) mass is 384 g/mol. The zero-order chi connectivity index (χ0) is 19.6. The van der Waals surface area contributed by atoms with Crippen molar-refractivity contribution < 1.29 is 35.9 Å². The number of hydrogen-bond donors (Lipinski definition) is 1. The van der Waals surface area contributed by atoms with E-state index in [0.29, 0.717) is 17.6 Å². The minimum Gasteiger partial charge on any atom is -0.390 e. The molecule has 0 aromatic heterocycles. The highest BCUT2D eigenvalue weighted by Gasteiger charge is 2.42. The van der Waals surface area contributed by atoms with E-state index in [-0.39, 0.29) is 30.8 Å². The summed E-state index contributed by atoms with van der Waals surface area (Å²) in [6.45, 7) is 3.22. The van der Waals surface area contributed by atoms with Gasteiger partial charge in [0.1, 0.15) is 12.6 Å². The molecule has 26 heavy (non-hydrogen) atoms. The molecule has 1 fully saturated rings. The van der Waals surface area contributed by atoms with Crippen molar-refractivity contribution >= 4 is 0 Å². The molecule has 0 amide bonds. The summed E-state index contributed by atoms with van der Waals surface area (Å²) in [6, 6.07) is 1.64. The van der Waals surface area contributed by atoms with Crippen molar-refractivity contribution in [2.75, 3.05) is 19.7 Å². The van der Waals surface area contributed by atoms with Gasteiger partial charge in [-0.2, -0.15) is 26.3 Å². The first-order valence-corrected chi connectivity index (χ1v) is 8.77. The molecule has 1 N–H and O–H groups in total. The van der Waals surface area contributed by atoms with Crippen LogP contribution in [-0.4, -0.2) is 35.3 Å². The SMILES string of the molecule is CCCC[N+]1(Cc2cc(C(F)(F)F)cc(C(F)(F)F)c2)CCC[C@H]1CO. The largest absolute Gasteiger partial charge is 0.416 e. The number of benzene rings is 1. The molecule has 0 saturated carbocycles. The molecule has 0 radical (unpaired) electrons. The number of hydrogen-bond acceptors (Lipinski definition) is 1. The van der Waals surface area contributed by atoms with Crippen LogP contribution in [0, 0.1) is 0 Å². The first-order chi connectivity index (χ1) is 12.0. The van der Waals surface area contributed by atoms with Gasteiger partial charge in [0.15, 0.2) is 0 Å². The highest BCUT2D eigenvalue weighted by molar-refractivity contribution is 5.33. The Labute approximate surface area is 149 Å². The van der Waals surface area contributed by atoms with Gasteiger partial charge in [-0.3, -0.25) is 0 Å². The lowest BCUT2D eigenvalue weighted by molar-refractivity contribution is -0.952. The van der Waals surface area contributed by atoms with Crippen molar-refractivity contribution in [2.45, 2.75) is 57.5 Å². The van der Waals surface area contributed by atoms with Crippen molar-refractivity contribution in [3.8, 4) is 0 Å². The summed E-state index contributed by atoms with van der Waals surface area (Å²) in [6.07, 6.45) is -6.47. The summed E-state index contributed by atoms with van der Waals surface area (Å²) < 4.78 is 78.8. The second kappa shape index (κ2) is 7.76. The van der Waals surface area contributed by atoms with Crippen LogP contribution in [0.2, 0.25) is 0 Å². The van der Waals surface area contributed by atoms with E-state index < -0.39 is 23.5 Å². The van der Waals surface area contributed by atoms with Gasteiger partial charge in [-0.1, -0.05) is 13.3 Å². The number of nitrogens with zero attached hydrogens (tertiary/aromatic N) is 1. The standard InChI is InChI=1S/C18H24F6NO/c1-2-3-6-25(7-4-5-16(25)12-26)11-13-8-14(17(19,20)21)10-15(9-13)18(22,23)24/h8-10,16,26H,2-7,11-12H2,1H3/q+1/t16-,25?/m0/s1. The summed E-state index contributed by atoms with van der Waals surface area (Å²) in [7, 11) is 0. The lowest BCUT2D eigenvalue weighted by Crippen LogP contribution is -2.53. The van der Waals surface area contributed by atoms with Gasteiger partial charge >= 0.3 is 12.4 Å². The number of aliphatic hydroxyl groups is 1. The molecule has 1 aliphatic heterocycles. The van der Waals surface area contributed by atoms with Crippen LogP contribution < -0.4 is 0 Å². The van der Waals surface area contributed by atoms with Crippen LogP contribution in [0.25, 0.3) is 0 Å². The number of rotatable bonds is 6. The molecule has 1 aromatic carbocycles. The minimum atomic E-state index is -4.84. The molecule has 2 nitrogen and oxygen atoms in total. The van der Waals surface area contributed by atoms with E-state index >= 15 is 0 Å². The van der Waals surface area contributed by atoms with E-state index in [1.54, 1.807) is 0 Å². The van der Waals surface area contributed by atoms with Crippen LogP contribution in [0.4, 0.5) is 26.3 Å². The summed E-state index contributed by atoms with van der Waals surface area (Å²) in [5.41, 5.74) is -2.55. The summed E-state index contributed by atoms with van der Waals surface area (Å²) >= 11 is 0. The van der Waals surface area contributed by atoms with Gasteiger partial charge < -0.3 is 9.59 Å². The second-order valence-electron chi connectivity index (χ2n) is 7.07. The Morgan fingerprint density at radius 2 is 1.62 bits per heavy atom. The third kappa shape index (κ3) is 4.71. The molecule has 1 saturated heterocycles. The normalized spacial score (nSPS) is 24.2. The molecule has 1 unspecified atom stereocenters. The van der Waals surface area contributed by atoms with Crippen molar-refractivity contribution in [3.63, 3.8) is 0 Å². The van der Waals surface area contributed by atoms with E-state index in [1.165, 1.54) is 0 Å². The third-order valence-electron chi connectivity index (χ3n) is 5.23. The highest BCUT2D eigenvalue weighted by Crippen LogP contribution is 2.38. The average molecular weight is 384 g/mol. The van der Waals surface area contributed by atoms with E-state index in [2.05, 4.69) is 0 Å². The van der Waals surface area contributed by atoms with Gasteiger partial charge in [-0.05, 0) is 24.6 Å². The quantitative estimate of drug-likeness (QED) is 0.541. The molecular formula is C18H24F6NO+. The fraction of sp³-hybridized carbons (Fsp3) is 0.667. The molecule has 148 valence electrons. The molecule has 1 heterocycles. The molecule has 2 rings (SSSR count). The van der Waals surface area contributed by atoms with E-state index in [1.807, 2.05) is 6.92 Å². The van der Waals surface area contributed by atoms with Crippen LogP contribution in [0.1, 0.15) is 49.3 Å². The zero-order valence-corrected chi connectivity index (χ0v) is 14.6. The predicted octanol–water partition coefficient (Wildman–Crippen LogP) is 5.00. The highest BCUT2D eigenvalue weighted by atomic mass is 19.4. The Bertz CT molecular complexity index is 580. The van der Waals surface area contributed by atoms with Gasteiger partial charge in [-0.15, -0.1) is 0 Å². The summed E-state index contributed by atoms with van der Waals surface area (Å²) in [4.78, 5) is 0. The van der Waals surface area contributed by atoms with Crippen LogP contribution in [0.5, 0.6) is 0 Å². The predicted molar refractivity (Wildman–Crippen MR) is 85.2 cm³/mol. The van der Waals surface area contributed by atoms with Crippen molar-refractivity contribution in [1.29, 1.82) is 0 Å². The molecular weight excluding hydrogens is 360 g/mol. The molecule has 1 aromatic rings. The molecule has 0 bridgehead atoms. The maximum Gasteiger partial charge on any atom is 0.416 e. The smallest absolute Gasteiger partial charge is 0.390 e. The lowest BCUT2D eigenvalue weighted by Gasteiger charge is -2.40. The van der Waals surface area contributed by atoms with Gasteiger partial charge in [-0.25, -0.2) is 0 Å². The van der Waals surface area contributed by atoms with Gasteiger partial charge in [0.2, 0.25) is 0 Å². The van der Waals surface area contributed by atoms with E-state index in [0.717, 1.165) is 37.8 Å². The van der Waals surface area contributed by atoms with Gasteiger partial charge in [0.25, 0.3) is 0 Å². The Kier molecular flexibility index (Phi) is 6.28. The number of unbranched alkanes of at least 4 members (excludes halogenated alkanes) is 1. The van der Waals surface area contributed by atoms with Crippen LogP contribution in [-0.2, 0) is 18.9 Å². The number of aliphatic hydroxyl groups excluding tert-OH is 1. The van der Waals surface area contributed by atoms with Crippen LogP contribution in [0.3, 0.4) is 0 Å². The van der Waals surface area contributed by atoms with E-state index in [4.69, 9.17) is 0 Å². The van der Waals surface area contributed by atoms with Crippen LogP contribution >= 0.6 is 0 Å². The molecule has 0 spiro atoms. The molecule has 2 atom stereocenters. The summed E-state index contributed by atoms with van der Waals surface area (Å²) in [5.74, 6) is 0. The Hall–Kier alpha value is -1.28. The average Bonchev–Trinajstić information content (AvgIpc) is 2.93. The first-order valence-electron chi connectivity index (χ1n) is 8.77. The van der Waals surface area contributed by atoms with Crippen molar-refractivity contribution in [3.05, 3.63) is 34.9 Å². The van der Waals surface area contributed by atoms with Gasteiger partial charge in [0, 0.05) is 18.4 Å². The number of halogens is 6. The molecule has 1 aliphatic rings. The third-order valence-corrected chi connectivity index (χ3v) is 5.23. The van der Waals surface area contributed by atoms with Gasteiger partial charge in [0.05, 0.1) is 30.8 Å². The maximum absolute atomic E-state index is 13.1. The van der Waals surface area contributed by atoms with E-state index in [9.17, 15) is 31.4 Å². The number of likely N-dealkylation sites (tertiary alicyclic amines) is 1. The maximum atomic E-state index is 13.1. The Balaban J connectivity index is 2.45. The number of quaternary nitrogens is 1. The number of alkyl halides is 6. The molecule has 0 aliphatic carbocycles. The first kappa shape index (κ1) is 21.0. The lowest BCUT2D eigenvalue weighted by atomic mass is 10.0. The Morgan fingerprint density at radius 3 is 2.08 bits per heavy atom. The zero-order valence-electron chi connectivity index (χ0n) is 14.6. The van der Waals surface area contributed by atoms with Crippen LogP contribution in [0.15, 0.2) is 18.2 Å². The second-order valence-corrected chi connectivity index (χ2v) is 7.07. The molecule has 8 heteroatoms.